The van der Waals surface area contributed by atoms with E-state index in [0.717, 1.165) is 62.5 Å². The maximum Gasteiger partial charge on any atom is 0.338 e. The number of allylic oxidation sites excluding steroid dienone is 10. The van der Waals surface area contributed by atoms with E-state index >= 15 is 0 Å². The Morgan fingerprint density at radius 3 is 1.12 bits per heavy atom. The van der Waals surface area contributed by atoms with Gasteiger partial charge in [0.25, 0.3) is 0 Å². The van der Waals surface area contributed by atoms with E-state index in [9.17, 15) is 9.59 Å². The van der Waals surface area contributed by atoms with Gasteiger partial charge < -0.3 is 4.74 Å². The van der Waals surface area contributed by atoms with Crippen LogP contribution in [0.1, 0.15) is 107 Å². The van der Waals surface area contributed by atoms with Crippen LogP contribution in [0.3, 0.4) is 0 Å². The lowest BCUT2D eigenvalue weighted by molar-refractivity contribution is -0.152. The van der Waals surface area contributed by atoms with Crippen LogP contribution < -0.4 is 0 Å². The van der Waals surface area contributed by atoms with Crippen LogP contribution in [0.4, 0.5) is 0 Å². The Balaban J connectivity index is 4.40. The van der Waals surface area contributed by atoms with Gasteiger partial charge in [-0.05, 0) is 107 Å². The summed E-state index contributed by atoms with van der Waals surface area (Å²) in [5.41, 5.74) is 7.23. The molecule has 0 rings (SSSR count). The second-order valence-electron chi connectivity index (χ2n) is 9.54. The summed E-state index contributed by atoms with van der Waals surface area (Å²) in [7, 11) is 0. The number of carbonyl (C=O) groups is 2. The van der Waals surface area contributed by atoms with Gasteiger partial charge in [-0.2, -0.15) is 0 Å². The largest absolute Gasteiger partial charge is 0.387 e. The molecule has 184 valence electrons. The predicted octanol–water partition coefficient (Wildman–Crippen LogP) is 8.89. The van der Waals surface area contributed by atoms with Crippen molar-refractivity contribution in [3.05, 3.63) is 69.9 Å². The molecule has 0 heterocycles. The fraction of sp³-hybridized carbons (Fsp3) is 0.533. The van der Waals surface area contributed by atoms with Gasteiger partial charge >= 0.3 is 11.9 Å². The first-order valence-electron chi connectivity index (χ1n) is 12.2. The van der Waals surface area contributed by atoms with E-state index in [0.29, 0.717) is 0 Å². The van der Waals surface area contributed by atoms with Crippen LogP contribution in [-0.2, 0) is 14.3 Å². The average Bonchev–Trinajstić information content (AvgIpc) is 2.66. The van der Waals surface area contributed by atoms with Gasteiger partial charge in [0, 0.05) is 12.2 Å². The highest BCUT2D eigenvalue weighted by Gasteiger charge is 2.06. The molecule has 0 spiro atoms. The zero-order valence-electron chi connectivity index (χ0n) is 22.3. The average molecular weight is 455 g/mol. The van der Waals surface area contributed by atoms with Gasteiger partial charge in [-0.15, -0.1) is 0 Å². The molecule has 0 saturated heterocycles. The Morgan fingerprint density at radius 2 is 0.788 bits per heavy atom. The molecular weight excluding hydrogens is 408 g/mol. The molecule has 0 aliphatic heterocycles. The van der Waals surface area contributed by atoms with Gasteiger partial charge in [0.15, 0.2) is 0 Å². The Labute approximate surface area is 203 Å². The van der Waals surface area contributed by atoms with Crippen molar-refractivity contribution < 1.29 is 14.3 Å². The minimum Gasteiger partial charge on any atom is -0.387 e. The molecule has 0 aliphatic rings. The standard InChI is InChI=1S/C30H46O3/c1-23(2)13-9-15-25(5)17-11-19-27(7)21-29(31)33-30(32)22-28(8)20-12-18-26(6)16-10-14-24(3)4/h13-14,17-18,21-22H,9-12,15-16,19-20H2,1-8H3/b25-17+,26-18+,27-21+,28-22+. The lowest BCUT2D eigenvalue weighted by atomic mass is 10.1. The van der Waals surface area contributed by atoms with Gasteiger partial charge in [0.1, 0.15) is 0 Å². The molecule has 0 aromatic rings. The van der Waals surface area contributed by atoms with Crippen molar-refractivity contribution in [3.63, 3.8) is 0 Å². The monoisotopic (exact) mass is 454 g/mol. The van der Waals surface area contributed by atoms with Crippen molar-refractivity contribution >= 4 is 11.9 Å². The van der Waals surface area contributed by atoms with Crippen LogP contribution >= 0.6 is 0 Å². The number of ether oxygens (including phenoxy) is 1. The third-order valence-corrected chi connectivity index (χ3v) is 5.18. The summed E-state index contributed by atoms with van der Waals surface area (Å²) in [6, 6.07) is 0. The molecule has 3 heteroatoms. The van der Waals surface area contributed by atoms with Crippen molar-refractivity contribution in [1.29, 1.82) is 0 Å². The van der Waals surface area contributed by atoms with Crippen LogP contribution in [0.5, 0.6) is 0 Å². The Bertz CT molecular complexity index is 737. The van der Waals surface area contributed by atoms with Crippen LogP contribution in [-0.4, -0.2) is 11.9 Å². The summed E-state index contributed by atoms with van der Waals surface area (Å²) in [4.78, 5) is 24.0. The van der Waals surface area contributed by atoms with Gasteiger partial charge in [0.05, 0.1) is 0 Å². The lowest BCUT2D eigenvalue weighted by Gasteiger charge is -2.03. The fourth-order valence-corrected chi connectivity index (χ4v) is 3.18. The summed E-state index contributed by atoms with van der Waals surface area (Å²) in [6.07, 6.45) is 19.3. The molecule has 0 amide bonds. The van der Waals surface area contributed by atoms with Crippen molar-refractivity contribution in [3.8, 4) is 0 Å². The van der Waals surface area contributed by atoms with E-state index in [-0.39, 0.29) is 0 Å². The zero-order chi connectivity index (χ0) is 25.2. The molecule has 0 bridgehead atoms. The van der Waals surface area contributed by atoms with Crippen LogP contribution in [0.2, 0.25) is 0 Å². The summed E-state index contributed by atoms with van der Waals surface area (Å²) in [5, 5.41) is 0. The normalized spacial score (nSPS) is 13.0. The summed E-state index contributed by atoms with van der Waals surface area (Å²) in [6.45, 7) is 16.5. The van der Waals surface area contributed by atoms with Crippen molar-refractivity contribution in [1.82, 2.24) is 0 Å². The molecular formula is C30H46O3. The SMILES string of the molecule is CC(C)=CCC/C(C)=C/CC/C(C)=C/C(=O)OC(=O)/C=C(\C)CC/C=C(\C)CCC=C(C)C. The van der Waals surface area contributed by atoms with Gasteiger partial charge in [-0.1, -0.05) is 57.7 Å². The topological polar surface area (TPSA) is 43.4 Å². The van der Waals surface area contributed by atoms with Crippen molar-refractivity contribution in [2.45, 2.75) is 107 Å². The van der Waals surface area contributed by atoms with Gasteiger partial charge in [0.2, 0.25) is 0 Å². The number of hydrogen-bond donors (Lipinski definition) is 0. The molecule has 3 nitrogen and oxygen atoms in total. The number of esters is 2. The van der Waals surface area contributed by atoms with E-state index < -0.39 is 11.9 Å². The molecule has 0 aliphatic carbocycles. The second-order valence-corrected chi connectivity index (χ2v) is 9.54. The number of carbonyl (C=O) groups excluding carboxylic acids is 2. The maximum atomic E-state index is 12.0. The van der Waals surface area contributed by atoms with E-state index in [2.05, 4.69) is 65.8 Å². The first-order chi connectivity index (χ1) is 15.5. The zero-order valence-corrected chi connectivity index (χ0v) is 22.3. The molecule has 33 heavy (non-hydrogen) atoms. The lowest BCUT2D eigenvalue weighted by Crippen LogP contribution is -2.08. The molecule has 0 radical (unpaired) electrons. The van der Waals surface area contributed by atoms with Crippen molar-refractivity contribution in [2.24, 2.45) is 0 Å². The number of rotatable bonds is 14. The second kappa shape index (κ2) is 18.1. The Morgan fingerprint density at radius 1 is 0.485 bits per heavy atom. The summed E-state index contributed by atoms with van der Waals surface area (Å²) >= 11 is 0. The molecule has 0 atom stereocenters. The van der Waals surface area contributed by atoms with E-state index in [4.69, 9.17) is 4.74 Å². The molecule has 0 saturated carbocycles. The van der Waals surface area contributed by atoms with Crippen LogP contribution in [0, 0.1) is 0 Å². The molecule has 0 fully saturated rings. The predicted molar refractivity (Wildman–Crippen MR) is 142 cm³/mol. The smallest absolute Gasteiger partial charge is 0.338 e. The van der Waals surface area contributed by atoms with Gasteiger partial charge in [-0.3, -0.25) is 0 Å². The highest BCUT2D eigenvalue weighted by atomic mass is 16.6. The molecule has 0 aromatic heterocycles. The molecule has 0 aromatic carbocycles. The highest BCUT2D eigenvalue weighted by Crippen LogP contribution is 2.13. The first-order valence-corrected chi connectivity index (χ1v) is 12.2. The molecule has 0 N–H and O–H groups in total. The van der Waals surface area contributed by atoms with Crippen LogP contribution in [0.15, 0.2) is 69.9 Å². The third-order valence-electron chi connectivity index (χ3n) is 5.18. The van der Waals surface area contributed by atoms with Crippen LogP contribution in [0.25, 0.3) is 0 Å². The minimum atomic E-state index is -0.596. The summed E-state index contributed by atoms with van der Waals surface area (Å²) < 4.78 is 4.92. The van der Waals surface area contributed by atoms with E-state index in [1.807, 2.05) is 13.8 Å². The Kier molecular flexibility index (Phi) is 16.7. The maximum absolute atomic E-state index is 12.0. The first kappa shape index (κ1) is 30.6. The van der Waals surface area contributed by atoms with E-state index in [1.165, 1.54) is 34.4 Å². The Hall–Kier alpha value is -2.42. The third kappa shape index (κ3) is 20.0. The number of hydrogen-bond acceptors (Lipinski definition) is 3. The minimum absolute atomic E-state index is 0.596. The summed E-state index contributed by atoms with van der Waals surface area (Å²) in [5.74, 6) is -1.19. The van der Waals surface area contributed by atoms with E-state index in [1.54, 1.807) is 0 Å². The molecule has 0 unspecified atom stereocenters. The van der Waals surface area contributed by atoms with Crippen molar-refractivity contribution in [2.75, 3.05) is 0 Å². The fourth-order valence-electron chi connectivity index (χ4n) is 3.18. The highest BCUT2D eigenvalue weighted by molar-refractivity contribution is 5.96. The van der Waals surface area contributed by atoms with Gasteiger partial charge in [-0.25, -0.2) is 9.59 Å². The quantitative estimate of drug-likeness (QED) is 0.114.